The highest BCUT2D eigenvalue weighted by atomic mass is 35.5. The summed E-state index contributed by atoms with van der Waals surface area (Å²) in [5.74, 6) is 1.66. The normalized spacial score (nSPS) is 16.9. The molecule has 2 heterocycles. The number of aromatic nitrogens is 3. The van der Waals surface area contributed by atoms with E-state index in [-0.39, 0.29) is 12.0 Å². The summed E-state index contributed by atoms with van der Waals surface area (Å²) in [6, 6.07) is 7.52. The van der Waals surface area contributed by atoms with Gasteiger partial charge in [0.2, 0.25) is 10.0 Å². The molecule has 1 aliphatic heterocycles. The first-order valence-electron chi connectivity index (χ1n) is 9.09. The second-order valence-electron chi connectivity index (χ2n) is 7.39. The molecular weight excluding hydrogens is 386 g/mol. The highest BCUT2D eigenvalue weighted by Crippen LogP contribution is 2.23. The molecule has 27 heavy (non-hydrogen) atoms. The number of nitrogens with one attached hydrogen (secondary N) is 1. The number of hydrogen-bond acceptors (Lipinski definition) is 5. The van der Waals surface area contributed by atoms with Crippen LogP contribution < -0.4 is 4.72 Å². The maximum Gasteiger partial charge on any atom is 0.209 e. The summed E-state index contributed by atoms with van der Waals surface area (Å²) in [5, 5.41) is 9.40. The molecule has 0 aliphatic carbocycles. The molecule has 1 aliphatic rings. The van der Waals surface area contributed by atoms with E-state index in [1.807, 2.05) is 32.0 Å². The van der Waals surface area contributed by atoms with Crippen molar-refractivity contribution in [2.24, 2.45) is 5.92 Å². The summed E-state index contributed by atoms with van der Waals surface area (Å²) in [7, 11) is -3.34. The van der Waals surface area contributed by atoms with Gasteiger partial charge in [-0.25, -0.2) is 13.1 Å². The van der Waals surface area contributed by atoms with E-state index in [4.69, 9.17) is 11.6 Å². The van der Waals surface area contributed by atoms with E-state index in [0.717, 1.165) is 43.4 Å². The molecule has 3 rings (SSSR count). The Morgan fingerprint density at radius 1 is 1.22 bits per heavy atom. The third-order valence-electron chi connectivity index (χ3n) is 4.73. The molecule has 148 valence electrons. The van der Waals surface area contributed by atoms with Crippen molar-refractivity contribution in [2.45, 2.75) is 39.4 Å². The van der Waals surface area contributed by atoms with Gasteiger partial charge < -0.3 is 4.57 Å². The number of sulfonamides is 1. The van der Waals surface area contributed by atoms with Crippen LogP contribution in [0, 0.1) is 5.92 Å². The average molecular weight is 412 g/mol. The Hall–Kier alpha value is -1.48. The van der Waals surface area contributed by atoms with Gasteiger partial charge in [0, 0.05) is 37.6 Å². The molecule has 1 unspecified atom stereocenters. The van der Waals surface area contributed by atoms with Crippen molar-refractivity contribution in [3.05, 3.63) is 46.5 Å². The van der Waals surface area contributed by atoms with Crippen molar-refractivity contribution >= 4 is 21.6 Å². The molecule has 0 saturated heterocycles. The summed E-state index contributed by atoms with van der Waals surface area (Å²) in [6.07, 6.45) is 1.95. The molecule has 7 nitrogen and oxygen atoms in total. The molecular formula is C18H26ClN5O2S. The number of halogens is 1. The minimum absolute atomic E-state index is 0.0684. The minimum atomic E-state index is -3.34. The second kappa shape index (κ2) is 8.26. The van der Waals surface area contributed by atoms with Crippen LogP contribution in [0.2, 0.25) is 5.02 Å². The van der Waals surface area contributed by atoms with Crippen molar-refractivity contribution in [1.29, 1.82) is 0 Å². The third kappa shape index (κ3) is 5.28. The predicted octanol–water partition coefficient (Wildman–Crippen LogP) is 2.24. The predicted molar refractivity (Wildman–Crippen MR) is 106 cm³/mol. The van der Waals surface area contributed by atoms with Gasteiger partial charge in [0.15, 0.2) is 5.82 Å². The van der Waals surface area contributed by atoms with Gasteiger partial charge in [-0.1, -0.05) is 37.6 Å². The third-order valence-corrected chi connectivity index (χ3v) is 5.65. The number of hydrogen-bond donors (Lipinski definition) is 1. The molecule has 0 amide bonds. The van der Waals surface area contributed by atoms with Crippen molar-refractivity contribution < 1.29 is 8.42 Å². The van der Waals surface area contributed by atoms with E-state index in [0.29, 0.717) is 5.82 Å². The van der Waals surface area contributed by atoms with Gasteiger partial charge in [-0.2, -0.15) is 0 Å². The lowest BCUT2D eigenvalue weighted by molar-refractivity contribution is 0.269. The SMILES string of the molecule is CC(C)C(NS(C)(=O)=O)c1nnc2n1CCN(Cc1cccc(Cl)c1)CC2. The van der Waals surface area contributed by atoms with E-state index in [1.165, 1.54) is 11.8 Å². The van der Waals surface area contributed by atoms with Gasteiger partial charge in [-0.15, -0.1) is 10.2 Å². The number of benzene rings is 1. The summed E-state index contributed by atoms with van der Waals surface area (Å²) < 4.78 is 28.3. The molecule has 1 aromatic heterocycles. The fraction of sp³-hybridized carbons (Fsp3) is 0.556. The van der Waals surface area contributed by atoms with Gasteiger partial charge in [-0.05, 0) is 23.6 Å². The number of nitrogens with zero attached hydrogens (tertiary/aromatic N) is 4. The van der Waals surface area contributed by atoms with Gasteiger partial charge in [0.25, 0.3) is 0 Å². The first kappa shape index (κ1) is 20.3. The average Bonchev–Trinajstić information content (AvgIpc) is 2.86. The molecule has 1 N–H and O–H groups in total. The fourth-order valence-electron chi connectivity index (χ4n) is 3.39. The molecule has 1 aromatic carbocycles. The molecule has 0 spiro atoms. The highest BCUT2D eigenvalue weighted by molar-refractivity contribution is 7.88. The van der Waals surface area contributed by atoms with E-state index >= 15 is 0 Å². The summed E-state index contributed by atoms with van der Waals surface area (Å²) in [5.41, 5.74) is 1.18. The van der Waals surface area contributed by atoms with Crippen LogP contribution >= 0.6 is 11.6 Å². The van der Waals surface area contributed by atoms with Crippen LogP contribution in [0.25, 0.3) is 0 Å². The van der Waals surface area contributed by atoms with Gasteiger partial charge >= 0.3 is 0 Å². The molecule has 0 radical (unpaired) electrons. The fourth-order valence-corrected chi connectivity index (χ4v) is 4.44. The van der Waals surface area contributed by atoms with Crippen LogP contribution in [-0.2, 0) is 29.5 Å². The first-order chi connectivity index (χ1) is 12.7. The Morgan fingerprint density at radius 2 is 2.00 bits per heavy atom. The van der Waals surface area contributed by atoms with E-state index in [1.54, 1.807) is 0 Å². The van der Waals surface area contributed by atoms with Crippen LogP contribution in [0.3, 0.4) is 0 Å². The van der Waals surface area contributed by atoms with E-state index in [9.17, 15) is 8.42 Å². The highest BCUT2D eigenvalue weighted by Gasteiger charge is 2.28. The molecule has 0 fully saturated rings. The van der Waals surface area contributed by atoms with Crippen molar-refractivity contribution in [2.75, 3.05) is 19.3 Å². The zero-order valence-corrected chi connectivity index (χ0v) is 17.5. The van der Waals surface area contributed by atoms with Crippen LogP contribution in [0.15, 0.2) is 24.3 Å². The van der Waals surface area contributed by atoms with Crippen LogP contribution in [0.4, 0.5) is 0 Å². The molecule has 0 saturated carbocycles. The quantitative estimate of drug-likeness (QED) is 0.788. The first-order valence-corrected chi connectivity index (χ1v) is 11.4. The number of fused-ring (bicyclic) bond motifs is 1. The maximum atomic E-state index is 11.8. The topological polar surface area (TPSA) is 80.1 Å². The molecule has 1 atom stereocenters. The minimum Gasteiger partial charge on any atom is -0.312 e. The summed E-state index contributed by atoms with van der Waals surface area (Å²) in [4.78, 5) is 2.36. The van der Waals surface area contributed by atoms with Crippen LogP contribution in [-0.4, -0.2) is 47.4 Å². The van der Waals surface area contributed by atoms with E-state index in [2.05, 4.69) is 30.5 Å². The lowest BCUT2D eigenvalue weighted by Crippen LogP contribution is -2.33. The van der Waals surface area contributed by atoms with Crippen LogP contribution in [0.1, 0.15) is 37.1 Å². The standard InChI is InChI=1S/C18H26ClN5O2S/c1-13(2)17(22-27(3,25)26)18-21-20-16-7-8-23(9-10-24(16)18)12-14-5-4-6-15(19)11-14/h4-6,11,13,17,22H,7-10,12H2,1-3H3. The Morgan fingerprint density at radius 3 is 2.67 bits per heavy atom. The van der Waals surface area contributed by atoms with Crippen molar-refractivity contribution in [1.82, 2.24) is 24.4 Å². The van der Waals surface area contributed by atoms with Gasteiger partial charge in [-0.3, -0.25) is 4.90 Å². The van der Waals surface area contributed by atoms with Crippen LogP contribution in [0.5, 0.6) is 0 Å². The molecule has 2 aromatic rings. The summed E-state index contributed by atoms with van der Waals surface area (Å²) >= 11 is 6.09. The van der Waals surface area contributed by atoms with Gasteiger partial charge in [0.1, 0.15) is 5.82 Å². The number of rotatable bonds is 6. The van der Waals surface area contributed by atoms with Crippen molar-refractivity contribution in [3.8, 4) is 0 Å². The Balaban J connectivity index is 1.76. The zero-order chi connectivity index (χ0) is 19.6. The monoisotopic (exact) mass is 411 g/mol. The van der Waals surface area contributed by atoms with E-state index < -0.39 is 10.0 Å². The Bertz CT molecular complexity index is 897. The lowest BCUT2D eigenvalue weighted by atomic mass is 10.1. The smallest absolute Gasteiger partial charge is 0.209 e. The lowest BCUT2D eigenvalue weighted by Gasteiger charge is -2.22. The summed E-state index contributed by atoms with van der Waals surface area (Å²) in [6.45, 7) is 7.22. The van der Waals surface area contributed by atoms with Gasteiger partial charge in [0.05, 0.1) is 12.3 Å². The Kier molecular flexibility index (Phi) is 6.20. The second-order valence-corrected chi connectivity index (χ2v) is 9.61. The largest absolute Gasteiger partial charge is 0.312 e. The maximum absolute atomic E-state index is 11.8. The van der Waals surface area contributed by atoms with Crippen molar-refractivity contribution in [3.63, 3.8) is 0 Å². The molecule has 0 bridgehead atoms. The zero-order valence-electron chi connectivity index (χ0n) is 15.9. The Labute approximate surface area is 165 Å². The molecule has 9 heteroatoms.